The fraction of sp³-hybridized carbons (Fsp3) is 0.136. The molecule has 0 spiro atoms. The number of amides is 1. The zero-order valence-electron chi connectivity index (χ0n) is 14.8. The van der Waals surface area contributed by atoms with Crippen LogP contribution in [-0.4, -0.2) is 20.4 Å². The third kappa shape index (κ3) is 2.00. The van der Waals surface area contributed by atoms with Gasteiger partial charge >= 0.3 is 0 Å². The number of pyridine rings is 1. The van der Waals surface area contributed by atoms with E-state index in [9.17, 15) is 9.59 Å². The first-order chi connectivity index (χ1) is 13.7. The molecule has 2 aliphatic heterocycles. The minimum absolute atomic E-state index is 0.00415. The van der Waals surface area contributed by atoms with Gasteiger partial charge in [0.2, 0.25) is 5.56 Å². The summed E-state index contributed by atoms with van der Waals surface area (Å²) in [6, 6.07) is 17.1. The van der Waals surface area contributed by atoms with E-state index < -0.39 is 0 Å². The first kappa shape index (κ1) is 15.4. The minimum atomic E-state index is -0.146. The molecule has 4 aromatic rings. The molecule has 0 aliphatic carbocycles. The van der Waals surface area contributed by atoms with Crippen LogP contribution in [0.15, 0.2) is 65.6 Å². The van der Waals surface area contributed by atoms with E-state index in [1.165, 1.54) is 6.07 Å². The molecule has 2 bridgehead atoms. The summed E-state index contributed by atoms with van der Waals surface area (Å²) in [5, 5.41) is 3.15. The predicted octanol–water partition coefficient (Wildman–Crippen LogP) is 3.17. The van der Waals surface area contributed by atoms with E-state index in [-0.39, 0.29) is 23.6 Å². The number of imidazole rings is 1. The monoisotopic (exact) mass is 368 g/mol. The largest absolute Gasteiger partial charge is 0.342 e. The SMILES string of the molecule is O=C1NC2CC(c3c1cccc3-c1ccc(=O)[nH]c1)n1c2nc2ccccc21. The van der Waals surface area contributed by atoms with Gasteiger partial charge < -0.3 is 14.9 Å². The highest BCUT2D eigenvalue weighted by Gasteiger charge is 2.41. The van der Waals surface area contributed by atoms with Crippen LogP contribution in [-0.2, 0) is 0 Å². The molecule has 2 aliphatic rings. The van der Waals surface area contributed by atoms with Gasteiger partial charge in [0, 0.05) is 17.8 Å². The average molecular weight is 368 g/mol. The molecule has 6 heteroatoms. The van der Waals surface area contributed by atoms with Crippen molar-refractivity contribution in [1.29, 1.82) is 0 Å². The van der Waals surface area contributed by atoms with Crippen molar-refractivity contribution >= 4 is 16.9 Å². The van der Waals surface area contributed by atoms with Crippen LogP contribution in [0.3, 0.4) is 0 Å². The Morgan fingerprint density at radius 2 is 1.82 bits per heavy atom. The maximum absolute atomic E-state index is 13.0. The number of aromatic amines is 1. The van der Waals surface area contributed by atoms with E-state index in [2.05, 4.69) is 20.9 Å². The van der Waals surface area contributed by atoms with Gasteiger partial charge in [-0.2, -0.15) is 0 Å². The van der Waals surface area contributed by atoms with Crippen LogP contribution in [0.5, 0.6) is 0 Å². The number of fused-ring (bicyclic) bond motifs is 9. The Bertz CT molecular complexity index is 1310. The molecule has 136 valence electrons. The number of hydrogen-bond donors (Lipinski definition) is 2. The number of para-hydroxylation sites is 2. The predicted molar refractivity (Wildman–Crippen MR) is 105 cm³/mol. The van der Waals surface area contributed by atoms with E-state index in [1.54, 1.807) is 12.3 Å². The van der Waals surface area contributed by atoms with Crippen LogP contribution in [0.25, 0.3) is 22.2 Å². The van der Waals surface area contributed by atoms with Gasteiger partial charge in [0.15, 0.2) is 0 Å². The van der Waals surface area contributed by atoms with Gasteiger partial charge in [-0.1, -0.05) is 24.3 Å². The Morgan fingerprint density at radius 3 is 2.68 bits per heavy atom. The highest BCUT2D eigenvalue weighted by Crippen LogP contribution is 2.46. The molecule has 2 aromatic carbocycles. The quantitative estimate of drug-likeness (QED) is 0.542. The third-order valence-electron chi connectivity index (χ3n) is 5.79. The second-order valence-electron chi connectivity index (χ2n) is 7.31. The van der Waals surface area contributed by atoms with Crippen molar-refractivity contribution in [1.82, 2.24) is 19.9 Å². The van der Waals surface area contributed by atoms with E-state index in [1.807, 2.05) is 36.4 Å². The molecule has 0 fully saturated rings. The molecule has 2 N–H and O–H groups in total. The van der Waals surface area contributed by atoms with Crippen LogP contribution < -0.4 is 10.9 Å². The summed E-state index contributed by atoms with van der Waals surface area (Å²) in [5.41, 5.74) is 5.37. The van der Waals surface area contributed by atoms with E-state index >= 15 is 0 Å². The van der Waals surface area contributed by atoms with Gasteiger partial charge in [0.1, 0.15) is 5.82 Å². The van der Waals surface area contributed by atoms with Crippen LogP contribution >= 0.6 is 0 Å². The second kappa shape index (κ2) is 5.42. The van der Waals surface area contributed by atoms with Crippen LogP contribution in [0.4, 0.5) is 0 Å². The van der Waals surface area contributed by atoms with Gasteiger partial charge in [-0.05, 0) is 47.4 Å². The zero-order valence-corrected chi connectivity index (χ0v) is 14.8. The minimum Gasteiger partial charge on any atom is -0.342 e. The zero-order chi connectivity index (χ0) is 18.8. The van der Waals surface area contributed by atoms with Crippen molar-refractivity contribution in [3.05, 3.63) is 88.1 Å². The third-order valence-corrected chi connectivity index (χ3v) is 5.79. The Morgan fingerprint density at radius 1 is 0.964 bits per heavy atom. The summed E-state index contributed by atoms with van der Waals surface area (Å²) in [5.74, 6) is 0.827. The molecule has 0 saturated heterocycles. The topological polar surface area (TPSA) is 79.8 Å². The lowest BCUT2D eigenvalue weighted by atomic mass is 9.90. The number of H-pyrrole nitrogens is 1. The first-order valence-corrected chi connectivity index (χ1v) is 9.30. The Kier molecular flexibility index (Phi) is 2.98. The number of nitrogens with zero attached hydrogens (tertiary/aromatic N) is 2. The molecule has 2 aromatic heterocycles. The smallest absolute Gasteiger partial charge is 0.252 e. The Balaban J connectivity index is 1.67. The summed E-state index contributed by atoms with van der Waals surface area (Å²) in [6.45, 7) is 0. The van der Waals surface area contributed by atoms with Crippen LogP contribution in [0.1, 0.15) is 40.3 Å². The average Bonchev–Trinajstić information content (AvgIpc) is 3.21. The number of carbonyl (C=O) groups is 1. The van der Waals surface area contributed by atoms with Crippen molar-refractivity contribution in [3.63, 3.8) is 0 Å². The lowest BCUT2D eigenvalue weighted by Gasteiger charge is -2.21. The van der Waals surface area contributed by atoms with Gasteiger partial charge in [-0.3, -0.25) is 9.59 Å². The van der Waals surface area contributed by atoms with Gasteiger partial charge in [0.25, 0.3) is 5.91 Å². The molecule has 6 rings (SSSR count). The van der Waals surface area contributed by atoms with E-state index in [0.29, 0.717) is 5.56 Å². The fourth-order valence-corrected chi connectivity index (χ4v) is 4.63. The number of nitrogens with one attached hydrogen (secondary N) is 2. The highest BCUT2D eigenvalue weighted by atomic mass is 16.1. The number of aromatic nitrogens is 3. The van der Waals surface area contributed by atoms with Crippen LogP contribution in [0, 0.1) is 0 Å². The summed E-state index contributed by atoms with van der Waals surface area (Å²) >= 11 is 0. The molecule has 2 unspecified atom stereocenters. The molecule has 2 atom stereocenters. The first-order valence-electron chi connectivity index (χ1n) is 9.30. The van der Waals surface area contributed by atoms with Gasteiger partial charge in [-0.25, -0.2) is 4.98 Å². The molecular formula is C22H16N4O2. The van der Waals surface area contributed by atoms with Crippen molar-refractivity contribution in [2.45, 2.75) is 18.5 Å². The van der Waals surface area contributed by atoms with Crippen molar-refractivity contribution in [3.8, 4) is 11.1 Å². The van der Waals surface area contributed by atoms with E-state index in [0.717, 1.165) is 40.0 Å². The molecule has 0 saturated carbocycles. The molecular weight excluding hydrogens is 352 g/mol. The lowest BCUT2D eigenvalue weighted by Crippen LogP contribution is -2.28. The van der Waals surface area contributed by atoms with Gasteiger partial charge in [-0.15, -0.1) is 0 Å². The number of benzene rings is 2. The Labute approximate surface area is 159 Å². The maximum Gasteiger partial charge on any atom is 0.252 e. The van der Waals surface area contributed by atoms with Crippen LogP contribution in [0.2, 0.25) is 0 Å². The number of carbonyl (C=O) groups excluding carboxylic acids is 1. The molecule has 6 nitrogen and oxygen atoms in total. The standard InChI is InChI=1S/C22H16N4O2/c27-19-9-8-12(11-23-19)13-4-3-5-14-20(13)18-10-16(25-22(14)28)21-24-15-6-1-2-7-17(15)26(18)21/h1-9,11,16,18H,10H2,(H,23,27)(H,25,28). The number of rotatable bonds is 1. The lowest BCUT2D eigenvalue weighted by molar-refractivity contribution is 0.0939. The molecule has 1 amide bonds. The van der Waals surface area contributed by atoms with Crippen molar-refractivity contribution in [2.24, 2.45) is 0 Å². The Hall–Kier alpha value is -3.67. The normalized spacial score (nSPS) is 19.8. The molecule has 28 heavy (non-hydrogen) atoms. The summed E-state index contributed by atoms with van der Waals surface area (Å²) in [7, 11) is 0. The summed E-state index contributed by atoms with van der Waals surface area (Å²) < 4.78 is 2.26. The van der Waals surface area contributed by atoms with Crippen molar-refractivity contribution < 1.29 is 4.79 Å². The molecule has 0 radical (unpaired) electrons. The highest BCUT2D eigenvalue weighted by molar-refractivity contribution is 5.99. The maximum atomic E-state index is 13.0. The fourth-order valence-electron chi connectivity index (χ4n) is 4.63. The summed E-state index contributed by atoms with van der Waals surface area (Å²) in [6.07, 6.45) is 2.48. The van der Waals surface area contributed by atoms with E-state index in [4.69, 9.17) is 4.98 Å². The van der Waals surface area contributed by atoms with Gasteiger partial charge in [0.05, 0.1) is 23.1 Å². The molecule has 4 heterocycles. The van der Waals surface area contributed by atoms with Crippen molar-refractivity contribution in [2.75, 3.05) is 0 Å². The number of hydrogen-bond acceptors (Lipinski definition) is 3. The summed E-state index contributed by atoms with van der Waals surface area (Å²) in [4.78, 5) is 32.0. The second-order valence-corrected chi connectivity index (χ2v) is 7.31.